The summed E-state index contributed by atoms with van der Waals surface area (Å²) >= 11 is 0. The molecule has 1 aliphatic rings. The van der Waals surface area contributed by atoms with Gasteiger partial charge in [0.15, 0.2) is 0 Å². The lowest BCUT2D eigenvalue weighted by Crippen LogP contribution is -2.54. The van der Waals surface area contributed by atoms with Crippen molar-refractivity contribution in [2.24, 2.45) is 10.8 Å². The highest BCUT2D eigenvalue weighted by atomic mass is 16.2. The number of pyridine rings is 1. The number of hydrogen-bond donors (Lipinski definition) is 1. The van der Waals surface area contributed by atoms with E-state index in [0.717, 1.165) is 29.5 Å². The minimum atomic E-state index is -0.650. The minimum Gasteiger partial charge on any atom is -0.352 e. The second-order valence-corrected chi connectivity index (χ2v) is 10.1. The van der Waals surface area contributed by atoms with Crippen molar-refractivity contribution in [3.05, 3.63) is 67.0 Å². The summed E-state index contributed by atoms with van der Waals surface area (Å²) in [6.45, 7) is 11.5. The molecule has 32 heavy (non-hydrogen) atoms. The molecule has 1 aromatic carbocycles. The predicted octanol–water partition coefficient (Wildman–Crippen LogP) is 4.64. The molecule has 0 bridgehead atoms. The van der Waals surface area contributed by atoms with Gasteiger partial charge in [-0.3, -0.25) is 14.6 Å². The summed E-state index contributed by atoms with van der Waals surface area (Å²) < 4.78 is 0. The van der Waals surface area contributed by atoms with E-state index in [0.29, 0.717) is 32.5 Å². The van der Waals surface area contributed by atoms with Gasteiger partial charge in [0.1, 0.15) is 0 Å². The van der Waals surface area contributed by atoms with Crippen LogP contribution < -0.4 is 5.32 Å². The number of likely N-dealkylation sites (tertiary alicyclic amines) is 1. The Morgan fingerprint density at radius 2 is 2.00 bits per heavy atom. The average molecular weight is 434 g/mol. The van der Waals surface area contributed by atoms with Crippen molar-refractivity contribution < 1.29 is 9.59 Å². The van der Waals surface area contributed by atoms with E-state index in [2.05, 4.69) is 55.9 Å². The van der Waals surface area contributed by atoms with E-state index in [-0.39, 0.29) is 17.2 Å². The van der Waals surface area contributed by atoms with E-state index < -0.39 is 5.41 Å². The standard InChI is InChI=1S/C27H35N3O2/c1-5-13-29-25(32)27(12-8-15-30(20-27)24(31)18-26(2,3)4)17-21-9-6-10-22(16-21)23-11-7-14-28-19-23/h5-7,9-11,14,16,19H,1,8,12-13,15,17-18,20H2,2-4H3,(H,29,32). The average Bonchev–Trinajstić information content (AvgIpc) is 2.77. The molecule has 170 valence electrons. The van der Waals surface area contributed by atoms with Crippen molar-refractivity contribution in [3.8, 4) is 11.1 Å². The maximum Gasteiger partial charge on any atom is 0.228 e. The van der Waals surface area contributed by atoms with Gasteiger partial charge in [-0.2, -0.15) is 0 Å². The first-order valence-corrected chi connectivity index (χ1v) is 11.4. The largest absolute Gasteiger partial charge is 0.352 e. The van der Waals surface area contributed by atoms with Gasteiger partial charge in [-0.15, -0.1) is 6.58 Å². The maximum atomic E-state index is 13.4. The van der Waals surface area contributed by atoms with Crippen LogP contribution in [0.15, 0.2) is 61.4 Å². The summed E-state index contributed by atoms with van der Waals surface area (Å²) in [5, 5.41) is 3.01. The number of nitrogens with one attached hydrogen (secondary N) is 1. The molecule has 0 saturated carbocycles. The van der Waals surface area contributed by atoms with Crippen molar-refractivity contribution >= 4 is 11.8 Å². The molecular formula is C27H35N3O2. The van der Waals surface area contributed by atoms with Gasteiger partial charge in [0, 0.05) is 38.4 Å². The van der Waals surface area contributed by atoms with Crippen molar-refractivity contribution in [3.63, 3.8) is 0 Å². The topological polar surface area (TPSA) is 62.3 Å². The number of piperidine rings is 1. The monoisotopic (exact) mass is 433 g/mol. The second kappa shape index (κ2) is 10.1. The Bertz CT molecular complexity index is 949. The Morgan fingerprint density at radius 1 is 1.22 bits per heavy atom. The van der Waals surface area contributed by atoms with Gasteiger partial charge in [-0.1, -0.05) is 57.2 Å². The minimum absolute atomic E-state index is 0.00237. The molecule has 0 spiro atoms. The number of carbonyl (C=O) groups is 2. The summed E-state index contributed by atoms with van der Waals surface area (Å²) in [7, 11) is 0. The van der Waals surface area contributed by atoms with E-state index in [4.69, 9.17) is 0 Å². The van der Waals surface area contributed by atoms with Crippen LogP contribution in [0.4, 0.5) is 0 Å². The molecule has 1 aliphatic heterocycles. The van der Waals surface area contributed by atoms with Crippen LogP contribution in [0.5, 0.6) is 0 Å². The van der Waals surface area contributed by atoms with Gasteiger partial charge in [-0.25, -0.2) is 0 Å². The first-order valence-electron chi connectivity index (χ1n) is 11.4. The molecule has 1 N–H and O–H groups in total. The molecule has 0 aliphatic carbocycles. The Kier molecular flexibility index (Phi) is 7.49. The van der Waals surface area contributed by atoms with Gasteiger partial charge in [0.25, 0.3) is 0 Å². The van der Waals surface area contributed by atoms with Crippen LogP contribution in [0.3, 0.4) is 0 Å². The fourth-order valence-electron chi connectivity index (χ4n) is 4.46. The first-order chi connectivity index (χ1) is 15.2. The van der Waals surface area contributed by atoms with Crippen LogP contribution in [0.25, 0.3) is 11.1 Å². The Morgan fingerprint density at radius 3 is 2.69 bits per heavy atom. The first kappa shape index (κ1) is 23.7. The second-order valence-electron chi connectivity index (χ2n) is 10.1. The molecule has 2 aromatic rings. The van der Waals surface area contributed by atoms with Crippen molar-refractivity contribution in [2.75, 3.05) is 19.6 Å². The third kappa shape index (κ3) is 6.06. The number of rotatable bonds is 7. The molecule has 1 fully saturated rings. The van der Waals surface area contributed by atoms with Crippen molar-refractivity contribution in [1.82, 2.24) is 15.2 Å². The molecule has 1 aromatic heterocycles. The number of amides is 2. The number of carbonyl (C=O) groups excluding carboxylic acids is 2. The van der Waals surface area contributed by atoms with Gasteiger partial charge >= 0.3 is 0 Å². The fraction of sp³-hybridized carbons (Fsp3) is 0.444. The molecular weight excluding hydrogens is 398 g/mol. The summed E-state index contributed by atoms with van der Waals surface area (Å²) in [4.78, 5) is 32.5. The third-order valence-electron chi connectivity index (χ3n) is 5.96. The van der Waals surface area contributed by atoms with Crippen molar-refractivity contribution in [1.29, 1.82) is 0 Å². The van der Waals surface area contributed by atoms with E-state index in [1.807, 2.05) is 29.3 Å². The highest BCUT2D eigenvalue weighted by Crippen LogP contribution is 2.36. The van der Waals surface area contributed by atoms with Crippen LogP contribution in [0.1, 0.15) is 45.6 Å². The predicted molar refractivity (Wildman–Crippen MR) is 129 cm³/mol. The van der Waals surface area contributed by atoms with Crippen LogP contribution in [-0.2, 0) is 16.0 Å². The molecule has 1 unspecified atom stereocenters. The Labute approximate surface area is 191 Å². The molecule has 1 atom stereocenters. The smallest absolute Gasteiger partial charge is 0.228 e. The van der Waals surface area contributed by atoms with Crippen molar-refractivity contribution in [2.45, 2.75) is 46.5 Å². The molecule has 2 amide bonds. The zero-order valence-corrected chi connectivity index (χ0v) is 19.6. The van der Waals surface area contributed by atoms with E-state index in [9.17, 15) is 9.59 Å². The summed E-state index contributed by atoms with van der Waals surface area (Å²) in [5.74, 6) is 0.125. The molecule has 1 saturated heterocycles. The number of benzene rings is 1. The lowest BCUT2D eigenvalue weighted by Gasteiger charge is -2.42. The van der Waals surface area contributed by atoms with Crippen LogP contribution >= 0.6 is 0 Å². The molecule has 0 radical (unpaired) electrons. The van der Waals surface area contributed by atoms with Gasteiger partial charge in [-0.05, 0) is 47.4 Å². The lowest BCUT2D eigenvalue weighted by molar-refractivity contribution is -0.142. The third-order valence-corrected chi connectivity index (χ3v) is 5.96. The van der Waals surface area contributed by atoms with E-state index in [1.54, 1.807) is 12.3 Å². The Hall–Kier alpha value is -2.95. The Balaban J connectivity index is 1.88. The molecule has 5 nitrogen and oxygen atoms in total. The lowest BCUT2D eigenvalue weighted by atomic mass is 9.73. The molecule has 5 heteroatoms. The van der Waals surface area contributed by atoms with Crippen LogP contribution in [-0.4, -0.2) is 41.3 Å². The van der Waals surface area contributed by atoms with E-state index >= 15 is 0 Å². The van der Waals surface area contributed by atoms with Gasteiger partial charge < -0.3 is 10.2 Å². The summed E-state index contributed by atoms with van der Waals surface area (Å²) in [5.41, 5.74) is 2.48. The van der Waals surface area contributed by atoms with Gasteiger partial charge in [0.05, 0.1) is 5.41 Å². The number of nitrogens with zero attached hydrogens (tertiary/aromatic N) is 2. The maximum absolute atomic E-state index is 13.4. The fourth-order valence-corrected chi connectivity index (χ4v) is 4.46. The SMILES string of the molecule is C=CCNC(=O)C1(Cc2cccc(-c3cccnc3)c2)CCCN(C(=O)CC(C)(C)C)C1. The summed E-state index contributed by atoms with van der Waals surface area (Å²) in [6, 6.07) is 12.2. The summed E-state index contributed by atoms with van der Waals surface area (Å²) in [6.07, 6.45) is 7.94. The van der Waals surface area contributed by atoms with Gasteiger partial charge in [0.2, 0.25) is 11.8 Å². The van der Waals surface area contributed by atoms with Crippen LogP contribution in [0, 0.1) is 10.8 Å². The van der Waals surface area contributed by atoms with E-state index in [1.165, 1.54) is 0 Å². The highest BCUT2D eigenvalue weighted by molar-refractivity contribution is 5.85. The molecule has 2 heterocycles. The highest BCUT2D eigenvalue weighted by Gasteiger charge is 2.43. The van der Waals surface area contributed by atoms with Crippen LogP contribution in [0.2, 0.25) is 0 Å². The zero-order chi connectivity index (χ0) is 23.2. The number of aromatic nitrogens is 1. The quantitative estimate of drug-likeness (QED) is 0.647. The molecule has 3 rings (SSSR count). The number of hydrogen-bond acceptors (Lipinski definition) is 3. The zero-order valence-electron chi connectivity index (χ0n) is 19.6. The normalized spacial score (nSPS) is 18.8.